The number of hydrogen-bond acceptors (Lipinski definition) is 4. The Bertz CT molecular complexity index is 1200. The van der Waals surface area contributed by atoms with Crippen LogP contribution in [0, 0.1) is 28.5 Å². The molecule has 0 saturated carbocycles. The highest BCUT2D eigenvalue weighted by Crippen LogP contribution is 2.42. The highest BCUT2D eigenvalue weighted by atomic mass is 19.4. The van der Waals surface area contributed by atoms with Crippen LogP contribution in [0.5, 0.6) is 0 Å². The van der Waals surface area contributed by atoms with E-state index in [1.807, 2.05) is 6.07 Å². The second-order valence-corrected chi connectivity index (χ2v) is 8.08. The lowest BCUT2D eigenvalue weighted by Gasteiger charge is -2.30. The Morgan fingerprint density at radius 1 is 1.09 bits per heavy atom. The number of aryl methyl sites for hydroxylation is 1. The van der Waals surface area contributed by atoms with Crippen LogP contribution in [0.3, 0.4) is 0 Å². The lowest BCUT2D eigenvalue weighted by molar-refractivity contribution is -0.137. The highest BCUT2D eigenvalue weighted by Gasteiger charge is 2.49. The molecule has 1 aliphatic heterocycles. The number of nitriles is 2. The second kappa shape index (κ2) is 8.59. The molecular weight excluding hydrogens is 436 g/mol. The minimum absolute atomic E-state index is 0.0551. The zero-order valence-corrected chi connectivity index (χ0v) is 18.0. The first-order chi connectivity index (χ1) is 15.4. The van der Waals surface area contributed by atoms with Crippen molar-refractivity contribution in [3.63, 3.8) is 0 Å². The minimum atomic E-state index is -4.79. The maximum atomic E-state index is 14.7. The maximum absolute atomic E-state index is 14.7. The van der Waals surface area contributed by atoms with Gasteiger partial charge in [-0.1, -0.05) is 12.6 Å². The lowest BCUT2D eigenvalue weighted by Crippen LogP contribution is -2.43. The van der Waals surface area contributed by atoms with Crippen molar-refractivity contribution in [2.24, 2.45) is 0 Å². The molecule has 2 aromatic carbocycles. The van der Waals surface area contributed by atoms with Crippen LogP contribution in [-0.2, 0) is 17.4 Å². The summed E-state index contributed by atoms with van der Waals surface area (Å²) in [6.07, 6.45) is -3.61. The quantitative estimate of drug-likeness (QED) is 0.430. The van der Waals surface area contributed by atoms with E-state index in [4.69, 9.17) is 10.5 Å². The van der Waals surface area contributed by atoms with Crippen molar-refractivity contribution < 1.29 is 22.4 Å². The van der Waals surface area contributed by atoms with Crippen LogP contribution >= 0.6 is 0 Å². The molecule has 0 aromatic heterocycles. The number of carbonyl (C=O) groups is 1. The van der Waals surface area contributed by atoms with Crippen molar-refractivity contribution in [3.05, 3.63) is 71.3 Å². The Hall–Kier alpha value is -3.85. The Kier molecular flexibility index (Phi) is 6.20. The maximum Gasteiger partial charge on any atom is 0.417 e. The average Bonchev–Trinajstić information content (AvgIpc) is 2.92. The predicted molar refractivity (Wildman–Crippen MR) is 114 cm³/mol. The number of amides is 1. The van der Waals surface area contributed by atoms with E-state index in [1.54, 1.807) is 26.0 Å². The van der Waals surface area contributed by atoms with E-state index in [2.05, 4.69) is 6.58 Å². The van der Waals surface area contributed by atoms with Crippen molar-refractivity contribution in [2.75, 3.05) is 9.80 Å². The van der Waals surface area contributed by atoms with Crippen molar-refractivity contribution in [2.45, 2.75) is 44.8 Å². The molecule has 5 nitrogen and oxygen atoms in total. The molecule has 0 radical (unpaired) electrons. The van der Waals surface area contributed by atoms with Gasteiger partial charge in [-0.05, 0) is 62.6 Å². The summed E-state index contributed by atoms with van der Waals surface area (Å²) in [6.45, 7) is 7.02. The van der Waals surface area contributed by atoms with Crippen LogP contribution in [0.1, 0.15) is 43.4 Å². The minimum Gasteiger partial charge on any atom is -0.313 e. The van der Waals surface area contributed by atoms with Crippen LogP contribution in [0.25, 0.3) is 0 Å². The number of rotatable bonds is 5. The Labute approximate surface area is 188 Å². The fourth-order valence-corrected chi connectivity index (χ4v) is 3.89. The van der Waals surface area contributed by atoms with Gasteiger partial charge in [0.25, 0.3) is 5.91 Å². The van der Waals surface area contributed by atoms with Crippen LogP contribution in [-0.4, -0.2) is 11.4 Å². The third-order valence-corrected chi connectivity index (χ3v) is 5.52. The van der Waals surface area contributed by atoms with Crippen molar-refractivity contribution in [3.8, 4) is 12.1 Å². The first-order valence-electron chi connectivity index (χ1n) is 10.0. The molecule has 2 aromatic rings. The molecule has 33 heavy (non-hydrogen) atoms. The van der Waals surface area contributed by atoms with Gasteiger partial charge in [0.2, 0.25) is 0 Å². The molecule has 1 fully saturated rings. The molecule has 1 heterocycles. The van der Waals surface area contributed by atoms with Gasteiger partial charge in [0.15, 0.2) is 0 Å². The van der Waals surface area contributed by atoms with E-state index in [1.165, 1.54) is 23.1 Å². The molecule has 0 bridgehead atoms. The Morgan fingerprint density at radius 3 is 2.33 bits per heavy atom. The van der Waals surface area contributed by atoms with Gasteiger partial charge < -0.3 is 4.90 Å². The molecule has 3 rings (SSSR count). The van der Waals surface area contributed by atoms with Gasteiger partial charge in [0.05, 0.1) is 29.0 Å². The predicted octanol–water partition coefficient (Wildman–Crippen LogP) is 5.67. The molecule has 0 aliphatic carbocycles. The number of halogens is 4. The Balaban J connectivity index is 2.02. The van der Waals surface area contributed by atoms with Crippen molar-refractivity contribution in [1.29, 1.82) is 10.5 Å². The summed E-state index contributed by atoms with van der Waals surface area (Å²) in [5, 5.41) is 17.7. The number of benzene rings is 2. The first kappa shape index (κ1) is 23.8. The molecule has 0 N–H and O–H groups in total. The molecule has 0 atom stereocenters. The van der Waals surface area contributed by atoms with Crippen LogP contribution in [0.4, 0.5) is 28.9 Å². The van der Waals surface area contributed by atoms with E-state index in [-0.39, 0.29) is 11.5 Å². The van der Waals surface area contributed by atoms with Crippen LogP contribution < -0.4 is 9.80 Å². The lowest BCUT2D eigenvalue weighted by atomic mass is 10.0. The van der Waals surface area contributed by atoms with Gasteiger partial charge in [-0.2, -0.15) is 23.7 Å². The van der Waals surface area contributed by atoms with Gasteiger partial charge in [-0.15, -0.1) is 0 Å². The third-order valence-electron chi connectivity index (χ3n) is 5.52. The summed E-state index contributed by atoms with van der Waals surface area (Å²) in [7, 11) is 0. The van der Waals surface area contributed by atoms with E-state index in [9.17, 15) is 22.4 Å². The van der Waals surface area contributed by atoms with Crippen LogP contribution in [0.15, 0.2) is 48.8 Å². The smallest absolute Gasteiger partial charge is 0.313 e. The topological polar surface area (TPSA) is 71.1 Å². The van der Waals surface area contributed by atoms with Gasteiger partial charge in [0.1, 0.15) is 17.2 Å². The molecule has 0 unspecified atom stereocenters. The molecule has 1 aliphatic rings. The fraction of sp³-hybridized carbons (Fsp3) is 0.292. The number of hydrogen-bond donors (Lipinski definition) is 0. The zero-order valence-electron chi connectivity index (χ0n) is 18.0. The average molecular weight is 456 g/mol. The molecule has 170 valence electrons. The third kappa shape index (κ3) is 4.27. The first-order valence-corrected chi connectivity index (χ1v) is 10.0. The SMILES string of the molecule is C=C1N(c2ccc(C#N)c(C(F)(F)F)c2)C(=O)C(C)(C)N1c1ccc(CCCC#N)c(F)c1. The molecule has 0 spiro atoms. The Morgan fingerprint density at radius 2 is 1.76 bits per heavy atom. The summed E-state index contributed by atoms with van der Waals surface area (Å²) in [4.78, 5) is 15.7. The summed E-state index contributed by atoms with van der Waals surface area (Å²) in [5.74, 6) is -1.01. The standard InChI is InChI=1S/C24H20F4N4O/c1-15-31(18-9-8-17(14-30)20(12-18)24(26,27)28)22(33)23(2,3)32(15)19-10-7-16(21(25)13-19)6-4-5-11-29/h7-10,12-13H,1,4-6H2,2-3H3. The van der Waals surface area contributed by atoms with E-state index >= 15 is 0 Å². The highest BCUT2D eigenvalue weighted by molar-refractivity contribution is 6.09. The normalized spacial score (nSPS) is 15.5. The number of alkyl halides is 3. The molecule has 9 heteroatoms. The molecular formula is C24H20F4N4O. The van der Waals surface area contributed by atoms with E-state index < -0.39 is 34.6 Å². The van der Waals surface area contributed by atoms with Crippen LogP contribution in [0.2, 0.25) is 0 Å². The summed E-state index contributed by atoms with van der Waals surface area (Å²) >= 11 is 0. The van der Waals surface area contributed by atoms with Gasteiger partial charge in [-0.3, -0.25) is 9.69 Å². The number of carbonyl (C=O) groups excluding carboxylic acids is 1. The van der Waals surface area contributed by atoms with E-state index in [0.717, 1.165) is 17.0 Å². The zero-order chi connectivity index (χ0) is 24.6. The summed E-state index contributed by atoms with van der Waals surface area (Å²) in [6, 6.07) is 10.9. The fourth-order valence-electron chi connectivity index (χ4n) is 3.89. The number of unbranched alkanes of at least 4 members (excludes halogenated alkanes) is 1. The number of anilines is 2. The van der Waals surface area contributed by atoms with Gasteiger partial charge in [-0.25, -0.2) is 4.39 Å². The monoisotopic (exact) mass is 456 g/mol. The second-order valence-electron chi connectivity index (χ2n) is 8.08. The van der Waals surface area contributed by atoms with E-state index in [0.29, 0.717) is 30.5 Å². The van der Waals surface area contributed by atoms with Crippen molar-refractivity contribution in [1.82, 2.24) is 0 Å². The molecule has 1 amide bonds. The summed E-state index contributed by atoms with van der Waals surface area (Å²) in [5.41, 5.74) is -2.35. The summed E-state index contributed by atoms with van der Waals surface area (Å²) < 4.78 is 55.0. The largest absolute Gasteiger partial charge is 0.417 e. The molecule has 1 saturated heterocycles. The van der Waals surface area contributed by atoms with Crippen molar-refractivity contribution >= 4 is 17.3 Å². The van der Waals surface area contributed by atoms with Gasteiger partial charge in [0, 0.05) is 12.1 Å². The number of nitrogens with zero attached hydrogens (tertiary/aromatic N) is 4. The van der Waals surface area contributed by atoms with Gasteiger partial charge >= 0.3 is 6.18 Å².